The molecule has 1 unspecified atom stereocenters. The van der Waals surface area contributed by atoms with Gasteiger partial charge in [-0.3, -0.25) is 0 Å². The van der Waals surface area contributed by atoms with Crippen molar-refractivity contribution < 1.29 is 8.78 Å². The van der Waals surface area contributed by atoms with Gasteiger partial charge in [0.15, 0.2) is 0 Å². The summed E-state index contributed by atoms with van der Waals surface area (Å²) in [5.74, 6) is -0.387. The third-order valence-electron chi connectivity index (χ3n) is 4.24. The van der Waals surface area contributed by atoms with E-state index < -0.39 is 11.6 Å². The molecule has 0 heterocycles. The van der Waals surface area contributed by atoms with Crippen molar-refractivity contribution in [2.75, 3.05) is 18.5 Å². The first-order valence-electron chi connectivity index (χ1n) is 7.45. The Morgan fingerprint density at radius 1 is 1.30 bits per heavy atom. The zero-order valence-electron chi connectivity index (χ0n) is 12.3. The number of halogens is 2. The van der Waals surface area contributed by atoms with Crippen molar-refractivity contribution in [3.05, 3.63) is 29.3 Å². The van der Waals surface area contributed by atoms with E-state index in [0.717, 1.165) is 25.8 Å². The Bertz CT molecular complexity index is 435. The monoisotopic (exact) mass is 282 g/mol. The molecule has 0 aromatic heterocycles. The Kier molecular flexibility index (Phi) is 4.97. The fraction of sp³-hybridized carbons (Fsp3) is 0.625. The minimum atomic E-state index is -0.481. The zero-order valence-corrected chi connectivity index (χ0v) is 12.3. The van der Waals surface area contributed by atoms with Gasteiger partial charge >= 0.3 is 0 Å². The molecule has 2 N–H and O–H groups in total. The van der Waals surface area contributed by atoms with Gasteiger partial charge in [0, 0.05) is 19.6 Å². The SMILES string of the molecule is CCC(N)Cc1cc(F)c(N(C)CC2CCC2)c(F)c1. The molecule has 20 heavy (non-hydrogen) atoms. The summed E-state index contributed by atoms with van der Waals surface area (Å²) in [6.07, 6.45) is 4.87. The first kappa shape index (κ1) is 15.2. The third kappa shape index (κ3) is 3.48. The van der Waals surface area contributed by atoms with Crippen molar-refractivity contribution >= 4 is 5.69 Å². The van der Waals surface area contributed by atoms with Crippen molar-refractivity contribution in [2.24, 2.45) is 11.7 Å². The second-order valence-corrected chi connectivity index (χ2v) is 5.96. The predicted octanol–water partition coefficient (Wildman–Crippen LogP) is 3.48. The van der Waals surface area contributed by atoms with Crippen LogP contribution in [0.1, 0.15) is 38.2 Å². The van der Waals surface area contributed by atoms with Crippen LogP contribution in [-0.4, -0.2) is 19.6 Å². The van der Waals surface area contributed by atoms with E-state index >= 15 is 0 Å². The van der Waals surface area contributed by atoms with Gasteiger partial charge in [0.2, 0.25) is 0 Å². The second-order valence-electron chi connectivity index (χ2n) is 5.96. The van der Waals surface area contributed by atoms with Gasteiger partial charge in [0.1, 0.15) is 17.3 Å². The third-order valence-corrected chi connectivity index (χ3v) is 4.24. The van der Waals surface area contributed by atoms with E-state index in [1.54, 1.807) is 11.9 Å². The molecule has 1 saturated carbocycles. The first-order chi connectivity index (χ1) is 9.51. The van der Waals surface area contributed by atoms with E-state index in [-0.39, 0.29) is 11.7 Å². The normalized spacial score (nSPS) is 16.9. The molecule has 1 aliphatic carbocycles. The van der Waals surface area contributed by atoms with Gasteiger partial charge in [0.05, 0.1) is 0 Å². The van der Waals surface area contributed by atoms with Gasteiger partial charge in [0.25, 0.3) is 0 Å². The van der Waals surface area contributed by atoms with Crippen LogP contribution in [0.15, 0.2) is 12.1 Å². The smallest absolute Gasteiger partial charge is 0.149 e. The number of anilines is 1. The molecule has 112 valence electrons. The van der Waals surface area contributed by atoms with Crippen LogP contribution in [0.2, 0.25) is 0 Å². The Labute approximate surface area is 120 Å². The van der Waals surface area contributed by atoms with Gasteiger partial charge in [-0.15, -0.1) is 0 Å². The molecule has 4 heteroatoms. The minimum absolute atomic E-state index is 0.0487. The average Bonchev–Trinajstić information content (AvgIpc) is 2.32. The van der Waals surface area contributed by atoms with Gasteiger partial charge in [-0.25, -0.2) is 8.78 Å². The molecule has 1 fully saturated rings. The molecule has 0 bridgehead atoms. The molecule has 1 atom stereocenters. The highest BCUT2D eigenvalue weighted by molar-refractivity contribution is 5.50. The van der Waals surface area contributed by atoms with Crippen molar-refractivity contribution in [3.8, 4) is 0 Å². The fourth-order valence-electron chi connectivity index (χ4n) is 2.70. The van der Waals surface area contributed by atoms with E-state index in [1.165, 1.54) is 18.6 Å². The van der Waals surface area contributed by atoms with Gasteiger partial charge in [-0.2, -0.15) is 0 Å². The molecule has 2 nitrogen and oxygen atoms in total. The average molecular weight is 282 g/mol. The van der Waals surface area contributed by atoms with E-state index in [2.05, 4.69) is 0 Å². The molecule has 0 saturated heterocycles. The van der Waals surface area contributed by atoms with Crippen LogP contribution in [0, 0.1) is 17.6 Å². The fourth-order valence-corrected chi connectivity index (χ4v) is 2.70. The van der Waals surface area contributed by atoms with Gasteiger partial charge < -0.3 is 10.6 Å². The quantitative estimate of drug-likeness (QED) is 0.865. The van der Waals surface area contributed by atoms with Crippen LogP contribution in [0.3, 0.4) is 0 Å². The van der Waals surface area contributed by atoms with E-state index in [4.69, 9.17) is 5.73 Å². The number of benzene rings is 1. The topological polar surface area (TPSA) is 29.3 Å². The molecule has 1 aliphatic rings. The van der Waals surface area contributed by atoms with E-state index in [1.807, 2.05) is 6.92 Å². The molecule has 0 aliphatic heterocycles. The number of hydrogen-bond acceptors (Lipinski definition) is 2. The van der Waals surface area contributed by atoms with Crippen molar-refractivity contribution in [2.45, 2.75) is 45.1 Å². The summed E-state index contributed by atoms with van der Waals surface area (Å²) < 4.78 is 28.3. The van der Waals surface area contributed by atoms with Crippen LogP contribution >= 0.6 is 0 Å². The molecular weight excluding hydrogens is 258 g/mol. The number of hydrogen-bond donors (Lipinski definition) is 1. The number of rotatable bonds is 6. The number of nitrogens with two attached hydrogens (primary N) is 1. The predicted molar refractivity (Wildman–Crippen MR) is 78.9 cm³/mol. The van der Waals surface area contributed by atoms with Gasteiger partial charge in [-0.05, 0) is 49.3 Å². The Hall–Kier alpha value is -1.16. The first-order valence-corrected chi connectivity index (χ1v) is 7.45. The summed E-state index contributed by atoms with van der Waals surface area (Å²) in [6.45, 7) is 2.69. The van der Waals surface area contributed by atoms with Crippen molar-refractivity contribution in [3.63, 3.8) is 0 Å². The molecule has 2 rings (SSSR count). The maximum absolute atomic E-state index is 14.2. The largest absolute Gasteiger partial charge is 0.370 e. The summed E-state index contributed by atoms with van der Waals surface area (Å²) in [7, 11) is 1.76. The molecule has 0 radical (unpaired) electrons. The van der Waals surface area contributed by atoms with Crippen LogP contribution in [-0.2, 0) is 6.42 Å². The van der Waals surface area contributed by atoms with Gasteiger partial charge in [-0.1, -0.05) is 13.3 Å². The summed E-state index contributed by atoms with van der Waals surface area (Å²) >= 11 is 0. The number of nitrogens with zero attached hydrogens (tertiary/aromatic N) is 1. The lowest BCUT2D eigenvalue weighted by Gasteiger charge is -2.31. The summed E-state index contributed by atoms with van der Waals surface area (Å²) in [6, 6.07) is 2.79. The van der Waals surface area contributed by atoms with Crippen molar-refractivity contribution in [1.29, 1.82) is 0 Å². The molecule has 1 aromatic rings. The summed E-state index contributed by atoms with van der Waals surface area (Å²) in [4.78, 5) is 1.71. The molecular formula is C16H24F2N2. The molecule has 0 spiro atoms. The standard InChI is InChI=1S/C16H24F2N2/c1-3-13(19)7-12-8-14(17)16(15(18)9-12)20(2)10-11-5-4-6-11/h8-9,11,13H,3-7,10,19H2,1-2H3. The van der Waals surface area contributed by atoms with E-state index in [0.29, 0.717) is 17.9 Å². The summed E-state index contributed by atoms with van der Waals surface area (Å²) in [5, 5.41) is 0. The second kappa shape index (κ2) is 6.53. The summed E-state index contributed by atoms with van der Waals surface area (Å²) in [5.41, 5.74) is 6.56. The Morgan fingerprint density at radius 2 is 1.90 bits per heavy atom. The Morgan fingerprint density at radius 3 is 2.35 bits per heavy atom. The van der Waals surface area contributed by atoms with Crippen LogP contribution < -0.4 is 10.6 Å². The lowest BCUT2D eigenvalue weighted by Crippen LogP contribution is -2.30. The van der Waals surface area contributed by atoms with E-state index in [9.17, 15) is 8.78 Å². The van der Waals surface area contributed by atoms with Crippen molar-refractivity contribution in [1.82, 2.24) is 0 Å². The zero-order chi connectivity index (χ0) is 14.7. The van der Waals surface area contributed by atoms with Crippen LogP contribution in [0.25, 0.3) is 0 Å². The van der Waals surface area contributed by atoms with Crippen LogP contribution in [0.5, 0.6) is 0 Å². The highest BCUT2D eigenvalue weighted by Crippen LogP contribution is 2.31. The van der Waals surface area contributed by atoms with Crippen LogP contribution in [0.4, 0.5) is 14.5 Å². The maximum Gasteiger partial charge on any atom is 0.149 e. The highest BCUT2D eigenvalue weighted by Gasteiger charge is 2.22. The highest BCUT2D eigenvalue weighted by atomic mass is 19.1. The lowest BCUT2D eigenvalue weighted by molar-refractivity contribution is 0.320. The lowest BCUT2D eigenvalue weighted by atomic mass is 9.85. The molecule has 0 amide bonds. The minimum Gasteiger partial charge on any atom is -0.370 e. The molecule has 1 aromatic carbocycles. The Balaban J connectivity index is 2.12. The maximum atomic E-state index is 14.2.